The molecule has 332 valence electrons. The number of aromatic nitrogens is 3. The van der Waals surface area contributed by atoms with E-state index in [2.05, 4.69) is 50.0 Å². The Balaban J connectivity index is 1.15. The van der Waals surface area contributed by atoms with Gasteiger partial charge in [0.1, 0.15) is 40.2 Å². The van der Waals surface area contributed by atoms with Crippen molar-refractivity contribution in [2.24, 2.45) is 5.92 Å². The van der Waals surface area contributed by atoms with E-state index in [4.69, 9.17) is 24.4 Å². The second-order valence-electron chi connectivity index (χ2n) is 18.5. The van der Waals surface area contributed by atoms with E-state index in [1.54, 1.807) is 12.0 Å². The summed E-state index contributed by atoms with van der Waals surface area (Å²) in [6, 6.07) is 4.03. The zero-order valence-corrected chi connectivity index (χ0v) is 38.9. The minimum absolute atomic E-state index is 0.0656. The van der Waals surface area contributed by atoms with Crippen LogP contribution in [-0.4, -0.2) is 88.6 Å². The number of anilines is 1. The molecule has 5 heterocycles. The number of hydrogen-bond acceptors (Lipinski definition) is 13. The molecule has 3 fully saturated rings. The molecule has 2 saturated carbocycles. The van der Waals surface area contributed by atoms with Crippen molar-refractivity contribution in [3.05, 3.63) is 58.1 Å². The molecular formula is C45H57N7O7S3. The third kappa shape index (κ3) is 9.07. The molecule has 0 spiro atoms. The largest absolute Gasteiger partial charge is 0.496 e. The molecular weight excluding hydrogens is 847 g/mol. The van der Waals surface area contributed by atoms with Gasteiger partial charge < -0.3 is 25.0 Å². The topological polar surface area (TPSA) is 182 Å². The Morgan fingerprint density at radius 1 is 1.03 bits per heavy atom. The van der Waals surface area contributed by atoms with Gasteiger partial charge in [0, 0.05) is 33.9 Å². The third-order valence-electron chi connectivity index (χ3n) is 12.4. The molecule has 17 heteroatoms. The van der Waals surface area contributed by atoms with Crippen LogP contribution in [0.25, 0.3) is 21.5 Å². The molecule has 0 radical (unpaired) electrons. The predicted octanol–water partition coefficient (Wildman–Crippen LogP) is 7.39. The second kappa shape index (κ2) is 17.2. The summed E-state index contributed by atoms with van der Waals surface area (Å²) in [6.07, 6.45) is 8.32. The summed E-state index contributed by atoms with van der Waals surface area (Å²) in [5, 5.41) is 12.8. The van der Waals surface area contributed by atoms with Crippen molar-refractivity contribution in [2.45, 2.75) is 140 Å². The van der Waals surface area contributed by atoms with Gasteiger partial charge in [-0.2, -0.15) is 0 Å². The summed E-state index contributed by atoms with van der Waals surface area (Å²) in [6.45, 7) is 12.5. The molecule has 5 atom stereocenters. The third-order valence-corrected chi connectivity index (χ3v) is 15.9. The van der Waals surface area contributed by atoms with Gasteiger partial charge in [0.2, 0.25) is 27.7 Å². The lowest BCUT2D eigenvalue weighted by Gasteiger charge is -2.30. The Bertz CT molecular complexity index is 2510. The summed E-state index contributed by atoms with van der Waals surface area (Å²) >= 11 is 2.95. The molecule has 2 aliphatic heterocycles. The first kappa shape index (κ1) is 44.0. The lowest BCUT2D eigenvalue weighted by molar-refractivity contribution is -0.140. The first-order valence-electron chi connectivity index (χ1n) is 21.7. The van der Waals surface area contributed by atoms with E-state index in [-0.39, 0.29) is 36.6 Å². The zero-order chi connectivity index (χ0) is 44.1. The van der Waals surface area contributed by atoms with Crippen molar-refractivity contribution in [3.8, 4) is 22.3 Å². The number of amides is 3. The van der Waals surface area contributed by atoms with Crippen LogP contribution < -0.4 is 24.8 Å². The summed E-state index contributed by atoms with van der Waals surface area (Å²) in [7, 11) is -2.26. The molecule has 2 aliphatic carbocycles. The fourth-order valence-corrected chi connectivity index (χ4v) is 11.6. The number of carbonyl (C=O) groups excluding carboxylic acids is 3. The van der Waals surface area contributed by atoms with Crippen molar-refractivity contribution >= 4 is 66.3 Å². The molecule has 8 rings (SSSR count). The first-order valence-corrected chi connectivity index (χ1v) is 25.0. The Kier molecular flexibility index (Phi) is 12.2. The smallest absolute Gasteiger partial charge is 0.259 e. The van der Waals surface area contributed by atoms with Gasteiger partial charge in [0.15, 0.2) is 5.13 Å². The number of hydrogen-bond donors (Lipinski definition) is 3. The Labute approximate surface area is 371 Å². The van der Waals surface area contributed by atoms with Crippen LogP contribution in [0.4, 0.5) is 5.13 Å². The highest BCUT2D eigenvalue weighted by Crippen LogP contribution is 2.46. The van der Waals surface area contributed by atoms with Crippen LogP contribution >= 0.6 is 22.7 Å². The number of aryl methyl sites for hydroxylation is 1. The Hall–Kier alpha value is -4.61. The minimum Gasteiger partial charge on any atom is -0.496 e. The number of rotatable bonds is 10. The maximum Gasteiger partial charge on any atom is 0.259 e. The molecule has 1 aromatic carbocycles. The average molecular weight is 904 g/mol. The predicted molar refractivity (Wildman–Crippen MR) is 242 cm³/mol. The standard InChI is InChI=1S/C45H57N7O7S3/c1-25(2)34-23-60-40(47-34)33-20-31-26(3)36(58-7)18-17-30(31)39(46-33)59-28-19-35-38(53)50-45(42(55)51-62(56,57)29-15-16-29)21-27(45)13-11-9-8-10-12-14-32(41(54)52(35)22-28)48-43-49-37(24-61-43)44(4,5)6/h11,13,17-18,20,23-25,27-29,32,35H,8-10,12,14-16,19,21-22H2,1-7H3,(H,48,49)(H,50,53)(H,51,55)/b13-11-/t27-,28+,32-,35-,45+/m0/s1. The van der Waals surface area contributed by atoms with Gasteiger partial charge in [-0.3, -0.25) is 19.1 Å². The van der Waals surface area contributed by atoms with Crippen LogP contribution in [0.5, 0.6) is 11.6 Å². The molecule has 3 aromatic heterocycles. The van der Waals surface area contributed by atoms with Gasteiger partial charge in [0.25, 0.3) is 5.91 Å². The van der Waals surface area contributed by atoms with Crippen molar-refractivity contribution in [1.29, 1.82) is 0 Å². The number of ether oxygens (including phenoxy) is 2. The summed E-state index contributed by atoms with van der Waals surface area (Å²) in [5.41, 5.74) is 1.74. The van der Waals surface area contributed by atoms with Crippen LogP contribution in [-0.2, 0) is 29.8 Å². The first-order chi connectivity index (χ1) is 29.5. The van der Waals surface area contributed by atoms with Crippen molar-refractivity contribution in [1.82, 2.24) is 29.9 Å². The van der Waals surface area contributed by atoms with Crippen molar-refractivity contribution in [3.63, 3.8) is 0 Å². The number of nitrogens with one attached hydrogen (secondary N) is 3. The normalized spacial score (nSPS) is 25.3. The van der Waals surface area contributed by atoms with Crippen LogP contribution in [0, 0.1) is 12.8 Å². The lowest BCUT2D eigenvalue weighted by Crippen LogP contribution is -2.57. The van der Waals surface area contributed by atoms with E-state index < -0.39 is 56.7 Å². The van der Waals surface area contributed by atoms with Crippen LogP contribution in [0.1, 0.15) is 115 Å². The highest BCUT2D eigenvalue weighted by molar-refractivity contribution is 7.91. The zero-order valence-electron chi connectivity index (χ0n) is 36.4. The van der Waals surface area contributed by atoms with Crippen molar-refractivity contribution < 1.29 is 32.3 Å². The van der Waals surface area contributed by atoms with Gasteiger partial charge in [-0.1, -0.05) is 59.6 Å². The van der Waals surface area contributed by atoms with E-state index in [1.807, 2.05) is 48.0 Å². The highest BCUT2D eigenvalue weighted by atomic mass is 32.2. The number of pyridine rings is 1. The second-order valence-corrected chi connectivity index (χ2v) is 22.2. The molecule has 0 bridgehead atoms. The number of fused-ring (bicyclic) bond motifs is 3. The number of carbonyl (C=O) groups is 3. The van der Waals surface area contributed by atoms with Crippen LogP contribution in [0.15, 0.2) is 41.1 Å². The number of benzene rings is 1. The number of nitrogens with zero attached hydrogens (tertiary/aromatic N) is 4. The SMILES string of the molecule is COc1ccc2c(O[C@@H]3C[C@H]4C(=O)N[C@]5(C(=O)NS(=O)(=O)C6CC6)C[C@@H]5/C=C\CCCCC[C@H](Nc5nc(C(C)(C)C)cs5)C(=O)N4C3)nc(-c3nc(C(C)C)cs3)cc2c1C. The monoisotopic (exact) mass is 903 g/mol. The molecule has 62 heavy (non-hydrogen) atoms. The lowest BCUT2D eigenvalue weighted by atomic mass is 9.93. The van der Waals surface area contributed by atoms with Gasteiger partial charge >= 0.3 is 0 Å². The maximum atomic E-state index is 15.0. The molecule has 4 aromatic rings. The van der Waals surface area contributed by atoms with E-state index in [9.17, 15) is 18.0 Å². The molecule has 4 aliphatic rings. The van der Waals surface area contributed by atoms with Gasteiger partial charge in [-0.15, -0.1) is 22.7 Å². The molecule has 14 nitrogen and oxygen atoms in total. The molecule has 3 N–H and O–H groups in total. The highest BCUT2D eigenvalue weighted by Gasteiger charge is 2.62. The van der Waals surface area contributed by atoms with Crippen LogP contribution in [0.3, 0.4) is 0 Å². The molecule has 0 unspecified atom stereocenters. The summed E-state index contributed by atoms with van der Waals surface area (Å²) < 4.78 is 40.8. The van der Waals surface area contributed by atoms with Crippen molar-refractivity contribution in [2.75, 3.05) is 19.0 Å². The van der Waals surface area contributed by atoms with Gasteiger partial charge in [0.05, 0.1) is 30.3 Å². The Morgan fingerprint density at radius 3 is 2.52 bits per heavy atom. The average Bonchev–Trinajstić information content (AvgIpc) is 3.99. The quantitative estimate of drug-likeness (QED) is 0.135. The number of thiazole rings is 2. The molecule has 3 amide bonds. The minimum atomic E-state index is -3.89. The number of allylic oxidation sites excluding steroid dienone is 1. The Morgan fingerprint density at radius 2 is 1.82 bits per heavy atom. The van der Waals surface area contributed by atoms with Crippen LogP contribution in [0.2, 0.25) is 0 Å². The van der Waals surface area contributed by atoms with Gasteiger partial charge in [-0.05, 0) is 80.5 Å². The van der Waals surface area contributed by atoms with Gasteiger partial charge in [-0.25, -0.2) is 23.4 Å². The van der Waals surface area contributed by atoms with E-state index in [0.717, 1.165) is 58.4 Å². The summed E-state index contributed by atoms with van der Waals surface area (Å²) in [5.74, 6) is -0.703. The summed E-state index contributed by atoms with van der Waals surface area (Å²) in [4.78, 5) is 60.0. The number of methoxy groups -OCH3 is 1. The van der Waals surface area contributed by atoms with E-state index >= 15 is 4.79 Å². The fourth-order valence-electron chi connectivity index (χ4n) is 8.35. The van der Waals surface area contributed by atoms with E-state index in [1.165, 1.54) is 22.7 Å². The fraction of sp³-hybridized carbons (Fsp3) is 0.556. The number of sulfonamides is 1. The maximum absolute atomic E-state index is 15.0. The van der Waals surface area contributed by atoms with E-state index in [0.29, 0.717) is 41.7 Å². The molecule has 1 saturated heterocycles.